The molecule has 0 aromatic rings. The summed E-state index contributed by atoms with van der Waals surface area (Å²) in [6.07, 6.45) is -2.49. The second-order valence-corrected chi connectivity index (χ2v) is 3.35. The second-order valence-electron chi connectivity index (χ2n) is 2.88. The molecule has 0 radical (unpaired) electrons. The summed E-state index contributed by atoms with van der Waals surface area (Å²) in [6, 6.07) is 0. The average molecular weight is 240 g/mol. The quantitative estimate of drug-likeness (QED) is 0.496. The molecule has 15 heavy (non-hydrogen) atoms. The van der Waals surface area contributed by atoms with Crippen LogP contribution in [0.4, 0.5) is 8.78 Å². The Hall–Kier alpha value is -0.820. The summed E-state index contributed by atoms with van der Waals surface area (Å²) in [5.41, 5.74) is 5.25. The molecule has 1 amide bonds. The number of alkyl halides is 2. The van der Waals surface area contributed by atoms with Crippen molar-refractivity contribution in [1.82, 2.24) is 5.32 Å². The SMILES string of the molecule is CC(C(=O)NCCOCC(F)F)C(N)=S. The molecule has 0 rings (SSSR count). The summed E-state index contributed by atoms with van der Waals surface area (Å²) in [7, 11) is 0. The van der Waals surface area contributed by atoms with Gasteiger partial charge in [-0.1, -0.05) is 12.2 Å². The van der Waals surface area contributed by atoms with E-state index in [1.807, 2.05) is 0 Å². The maximum Gasteiger partial charge on any atom is 0.261 e. The Balaban J connectivity index is 3.51. The number of hydrogen-bond acceptors (Lipinski definition) is 3. The summed E-state index contributed by atoms with van der Waals surface area (Å²) in [5, 5.41) is 2.46. The summed E-state index contributed by atoms with van der Waals surface area (Å²) in [4.78, 5) is 11.3. The van der Waals surface area contributed by atoms with Crippen molar-refractivity contribution >= 4 is 23.1 Å². The molecule has 7 heteroatoms. The fraction of sp³-hybridized carbons (Fsp3) is 0.750. The van der Waals surface area contributed by atoms with Gasteiger partial charge in [0.25, 0.3) is 6.43 Å². The maximum absolute atomic E-state index is 11.6. The van der Waals surface area contributed by atoms with Gasteiger partial charge in [0.1, 0.15) is 6.61 Å². The molecule has 88 valence electrons. The molecular formula is C8H14F2N2O2S. The largest absolute Gasteiger partial charge is 0.393 e. The molecule has 0 fully saturated rings. The van der Waals surface area contributed by atoms with Crippen LogP contribution < -0.4 is 11.1 Å². The van der Waals surface area contributed by atoms with E-state index in [2.05, 4.69) is 22.3 Å². The minimum absolute atomic E-state index is 0.0418. The predicted molar refractivity (Wildman–Crippen MR) is 55.8 cm³/mol. The van der Waals surface area contributed by atoms with Gasteiger partial charge in [-0.2, -0.15) is 0 Å². The van der Waals surface area contributed by atoms with Crippen LogP contribution in [-0.4, -0.2) is 37.1 Å². The molecular weight excluding hydrogens is 226 g/mol. The third-order valence-electron chi connectivity index (χ3n) is 1.61. The molecule has 4 nitrogen and oxygen atoms in total. The van der Waals surface area contributed by atoms with E-state index in [0.29, 0.717) is 0 Å². The Kier molecular flexibility index (Phi) is 7.06. The Morgan fingerprint density at radius 3 is 2.67 bits per heavy atom. The minimum atomic E-state index is -2.49. The number of hydrogen-bond donors (Lipinski definition) is 2. The molecule has 0 aliphatic rings. The molecule has 0 aliphatic heterocycles. The normalized spacial score (nSPS) is 12.5. The van der Waals surface area contributed by atoms with Crippen molar-refractivity contribution in [2.45, 2.75) is 13.3 Å². The lowest BCUT2D eigenvalue weighted by Gasteiger charge is -2.10. The van der Waals surface area contributed by atoms with Crippen LogP contribution in [0.2, 0.25) is 0 Å². The van der Waals surface area contributed by atoms with E-state index < -0.39 is 19.0 Å². The van der Waals surface area contributed by atoms with E-state index in [1.165, 1.54) is 0 Å². The van der Waals surface area contributed by atoms with Crippen LogP contribution in [0.3, 0.4) is 0 Å². The van der Waals surface area contributed by atoms with Gasteiger partial charge in [-0.15, -0.1) is 0 Å². The topological polar surface area (TPSA) is 64.3 Å². The third kappa shape index (κ3) is 7.15. The van der Waals surface area contributed by atoms with Crippen molar-refractivity contribution in [3.05, 3.63) is 0 Å². The van der Waals surface area contributed by atoms with Crippen molar-refractivity contribution in [1.29, 1.82) is 0 Å². The van der Waals surface area contributed by atoms with Gasteiger partial charge in [-0.3, -0.25) is 4.79 Å². The zero-order valence-electron chi connectivity index (χ0n) is 8.33. The highest BCUT2D eigenvalue weighted by atomic mass is 32.1. The summed E-state index contributed by atoms with van der Waals surface area (Å²) >= 11 is 4.62. The molecule has 3 N–H and O–H groups in total. The van der Waals surface area contributed by atoms with Gasteiger partial charge in [0.05, 0.1) is 17.5 Å². The van der Waals surface area contributed by atoms with Crippen molar-refractivity contribution in [2.24, 2.45) is 11.7 Å². The van der Waals surface area contributed by atoms with Crippen molar-refractivity contribution < 1.29 is 18.3 Å². The number of amides is 1. The number of carbonyl (C=O) groups is 1. The highest BCUT2D eigenvalue weighted by molar-refractivity contribution is 7.80. The lowest BCUT2D eigenvalue weighted by molar-refractivity contribution is -0.122. The Bertz CT molecular complexity index is 227. The van der Waals surface area contributed by atoms with Gasteiger partial charge in [0, 0.05) is 6.54 Å². The number of rotatable bonds is 7. The maximum atomic E-state index is 11.6. The molecule has 0 saturated carbocycles. The van der Waals surface area contributed by atoms with Gasteiger partial charge in [-0.05, 0) is 6.92 Å². The van der Waals surface area contributed by atoms with Gasteiger partial charge >= 0.3 is 0 Å². The van der Waals surface area contributed by atoms with Gasteiger partial charge in [-0.25, -0.2) is 8.78 Å². The third-order valence-corrected chi connectivity index (χ3v) is 1.96. The van der Waals surface area contributed by atoms with Gasteiger partial charge in [0.15, 0.2) is 0 Å². The summed E-state index contributed by atoms with van der Waals surface area (Å²) in [6.45, 7) is 1.15. The number of ether oxygens (including phenoxy) is 1. The first-order chi connectivity index (χ1) is 6.95. The van der Waals surface area contributed by atoms with E-state index in [1.54, 1.807) is 6.92 Å². The smallest absolute Gasteiger partial charge is 0.261 e. The van der Waals surface area contributed by atoms with Crippen LogP contribution in [0.25, 0.3) is 0 Å². The van der Waals surface area contributed by atoms with Crippen LogP contribution >= 0.6 is 12.2 Å². The van der Waals surface area contributed by atoms with Crippen LogP contribution in [0.1, 0.15) is 6.92 Å². The first-order valence-electron chi connectivity index (χ1n) is 4.38. The molecule has 0 heterocycles. The lowest BCUT2D eigenvalue weighted by atomic mass is 10.2. The van der Waals surface area contributed by atoms with Crippen molar-refractivity contribution in [2.75, 3.05) is 19.8 Å². The second kappa shape index (κ2) is 7.47. The predicted octanol–water partition coefficient (Wildman–Crippen LogP) is 0.307. The highest BCUT2D eigenvalue weighted by Crippen LogP contribution is 1.94. The fourth-order valence-electron chi connectivity index (χ4n) is 0.701. The summed E-state index contributed by atoms with van der Waals surface area (Å²) in [5.74, 6) is -0.891. The van der Waals surface area contributed by atoms with E-state index in [4.69, 9.17) is 5.73 Å². The Labute approximate surface area is 92.1 Å². The van der Waals surface area contributed by atoms with Crippen molar-refractivity contribution in [3.8, 4) is 0 Å². The van der Waals surface area contributed by atoms with Crippen LogP contribution in [-0.2, 0) is 9.53 Å². The highest BCUT2D eigenvalue weighted by Gasteiger charge is 2.14. The number of halogens is 2. The zero-order chi connectivity index (χ0) is 11.8. The summed E-state index contributed by atoms with van der Waals surface area (Å²) < 4.78 is 27.8. The van der Waals surface area contributed by atoms with Gasteiger partial charge in [0.2, 0.25) is 5.91 Å². The van der Waals surface area contributed by atoms with E-state index >= 15 is 0 Å². The number of carbonyl (C=O) groups excluding carboxylic acids is 1. The van der Waals surface area contributed by atoms with Crippen LogP contribution in [0.5, 0.6) is 0 Å². The minimum Gasteiger partial charge on any atom is -0.393 e. The molecule has 0 saturated heterocycles. The average Bonchev–Trinajstić information content (AvgIpc) is 2.15. The molecule has 1 atom stereocenters. The zero-order valence-corrected chi connectivity index (χ0v) is 9.15. The Morgan fingerprint density at radius 2 is 2.20 bits per heavy atom. The van der Waals surface area contributed by atoms with Crippen molar-refractivity contribution in [3.63, 3.8) is 0 Å². The van der Waals surface area contributed by atoms with Gasteiger partial charge < -0.3 is 15.8 Å². The number of thiocarbonyl (C=S) groups is 1. The molecule has 0 bridgehead atoms. The van der Waals surface area contributed by atoms with E-state index in [-0.39, 0.29) is 24.0 Å². The fourth-order valence-corrected chi connectivity index (χ4v) is 0.808. The molecule has 0 aromatic heterocycles. The van der Waals surface area contributed by atoms with E-state index in [9.17, 15) is 13.6 Å². The monoisotopic (exact) mass is 240 g/mol. The standard InChI is InChI=1S/C8H14F2N2O2S/c1-5(7(11)15)8(13)12-2-3-14-4-6(9)10/h5-6H,2-4H2,1H3,(H2,11,15)(H,12,13). The number of nitrogens with one attached hydrogen (secondary N) is 1. The number of nitrogens with two attached hydrogens (primary N) is 1. The van der Waals surface area contributed by atoms with E-state index in [0.717, 1.165) is 0 Å². The van der Waals surface area contributed by atoms with Crippen LogP contribution in [0, 0.1) is 5.92 Å². The first-order valence-corrected chi connectivity index (χ1v) is 4.79. The molecule has 0 spiro atoms. The molecule has 1 unspecified atom stereocenters. The lowest BCUT2D eigenvalue weighted by Crippen LogP contribution is -2.37. The molecule has 0 aromatic carbocycles. The first kappa shape index (κ1) is 14.2. The van der Waals surface area contributed by atoms with Crippen LogP contribution in [0.15, 0.2) is 0 Å². The Morgan fingerprint density at radius 1 is 1.60 bits per heavy atom. The molecule has 0 aliphatic carbocycles.